The maximum Gasteiger partial charge on any atom is 0.253 e. The monoisotopic (exact) mass is 177 g/mol. The van der Waals surface area contributed by atoms with Crippen molar-refractivity contribution in [3.05, 3.63) is 35.9 Å². The molecule has 1 aromatic carbocycles. The second-order valence-corrected chi connectivity index (χ2v) is 3.09. The molecule has 70 valence electrons. The van der Waals surface area contributed by atoms with Crippen LogP contribution in [0.1, 0.15) is 23.7 Å². The molecule has 0 aromatic heterocycles. The van der Waals surface area contributed by atoms with Crippen LogP contribution in [0.2, 0.25) is 0 Å². The molecule has 1 aromatic rings. The van der Waals surface area contributed by atoms with Gasteiger partial charge in [-0.2, -0.15) is 0 Å². The van der Waals surface area contributed by atoms with Gasteiger partial charge in [0.1, 0.15) is 0 Å². The van der Waals surface area contributed by atoms with E-state index in [9.17, 15) is 4.79 Å². The summed E-state index contributed by atoms with van der Waals surface area (Å²) in [6.07, 6.45) is 0.995. The fourth-order valence-electron chi connectivity index (χ4n) is 1.24. The average molecular weight is 177 g/mol. The van der Waals surface area contributed by atoms with Crippen molar-refractivity contribution in [2.24, 2.45) is 0 Å². The molecular formula is C11H15NO. The van der Waals surface area contributed by atoms with E-state index in [4.69, 9.17) is 0 Å². The Kier molecular flexibility index (Phi) is 3.50. The Morgan fingerprint density at radius 1 is 1.31 bits per heavy atom. The maximum absolute atomic E-state index is 11.7. The molecule has 0 aliphatic carbocycles. The van der Waals surface area contributed by atoms with Crippen LogP contribution in [0.4, 0.5) is 0 Å². The van der Waals surface area contributed by atoms with Crippen molar-refractivity contribution in [2.45, 2.75) is 13.3 Å². The first-order valence-corrected chi connectivity index (χ1v) is 4.56. The van der Waals surface area contributed by atoms with Gasteiger partial charge in [0.2, 0.25) is 0 Å². The van der Waals surface area contributed by atoms with E-state index in [0.29, 0.717) is 0 Å². The lowest BCUT2D eigenvalue weighted by atomic mass is 10.2. The molecule has 0 radical (unpaired) electrons. The Hall–Kier alpha value is -1.31. The van der Waals surface area contributed by atoms with Crippen molar-refractivity contribution in [2.75, 3.05) is 13.6 Å². The third-order valence-electron chi connectivity index (χ3n) is 1.93. The number of rotatable bonds is 3. The van der Waals surface area contributed by atoms with Gasteiger partial charge in [-0.3, -0.25) is 4.79 Å². The molecule has 0 unspecified atom stereocenters. The summed E-state index contributed by atoms with van der Waals surface area (Å²) in [6.45, 7) is 2.88. The number of carbonyl (C=O) groups excluding carboxylic acids is 1. The van der Waals surface area contributed by atoms with Crippen LogP contribution in [0.5, 0.6) is 0 Å². The number of amides is 1. The van der Waals surface area contributed by atoms with Gasteiger partial charge in [0.05, 0.1) is 0 Å². The summed E-state index contributed by atoms with van der Waals surface area (Å²) in [6, 6.07) is 9.36. The first-order chi connectivity index (χ1) is 6.25. The molecule has 0 aliphatic heterocycles. The Labute approximate surface area is 79.2 Å². The second-order valence-electron chi connectivity index (χ2n) is 3.09. The lowest BCUT2D eigenvalue weighted by molar-refractivity contribution is 0.0795. The highest BCUT2D eigenvalue weighted by Crippen LogP contribution is 2.02. The van der Waals surface area contributed by atoms with Gasteiger partial charge in [-0.15, -0.1) is 0 Å². The molecule has 13 heavy (non-hydrogen) atoms. The lowest BCUT2D eigenvalue weighted by Gasteiger charge is -2.15. The zero-order chi connectivity index (χ0) is 9.68. The highest BCUT2D eigenvalue weighted by molar-refractivity contribution is 5.93. The molecule has 1 rings (SSSR count). The quantitative estimate of drug-likeness (QED) is 0.693. The highest BCUT2D eigenvalue weighted by atomic mass is 16.2. The third kappa shape index (κ3) is 2.58. The third-order valence-corrected chi connectivity index (χ3v) is 1.93. The minimum absolute atomic E-state index is 0.0995. The van der Waals surface area contributed by atoms with Crippen LogP contribution in [0.15, 0.2) is 30.3 Å². The number of hydrogen-bond donors (Lipinski definition) is 0. The normalized spacial score (nSPS) is 9.69. The van der Waals surface area contributed by atoms with Crippen LogP contribution in [-0.2, 0) is 0 Å². The Morgan fingerprint density at radius 3 is 2.46 bits per heavy atom. The number of nitrogens with zero attached hydrogens (tertiary/aromatic N) is 1. The van der Waals surface area contributed by atoms with E-state index in [1.165, 1.54) is 0 Å². The maximum atomic E-state index is 11.7. The van der Waals surface area contributed by atoms with Gasteiger partial charge in [0, 0.05) is 19.2 Å². The largest absolute Gasteiger partial charge is 0.342 e. The fraction of sp³-hybridized carbons (Fsp3) is 0.364. The van der Waals surface area contributed by atoms with Gasteiger partial charge in [-0.05, 0) is 18.6 Å². The van der Waals surface area contributed by atoms with Crippen LogP contribution in [0.3, 0.4) is 0 Å². The summed E-state index contributed by atoms with van der Waals surface area (Å²) in [7, 11) is 1.83. The molecular weight excluding hydrogens is 162 g/mol. The molecule has 0 heterocycles. The zero-order valence-electron chi connectivity index (χ0n) is 8.16. The SMILES string of the molecule is CCCN(C)C(=O)c1ccccc1. The van der Waals surface area contributed by atoms with Gasteiger partial charge in [-0.1, -0.05) is 25.1 Å². The summed E-state index contributed by atoms with van der Waals surface area (Å²) in [5.41, 5.74) is 0.762. The first kappa shape index (κ1) is 9.78. The molecule has 0 fully saturated rings. The van der Waals surface area contributed by atoms with Crippen molar-refractivity contribution in [1.29, 1.82) is 0 Å². The van der Waals surface area contributed by atoms with Crippen molar-refractivity contribution in [3.8, 4) is 0 Å². The summed E-state index contributed by atoms with van der Waals surface area (Å²) >= 11 is 0. The average Bonchev–Trinajstić information content (AvgIpc) is 2.18. The van der Waals surface area contributed by atoms with E-state index in [2.05, 4.69) is 6.92 Å². The van der Waals surface area contributed by atoms with E-state index < -0.39 is 0 Å². The Balaban J connectivity index is 2.68. The fourth-order valence-corrected chi connectivity index (χ4v) is 1.24. The summed E-state index contributed by atoms with van der Waals surface area (Å²) < 4.78 is 0. The lowest BCUT2D eigenvalue weighted by Crippen LogP contribution is -2.27. The molecule has 0 saturated heterocycles. The topological polar surface area (TPSA) is 20.3 Å². The molecule has 2 heteroatoms. The molecule has 0 N–H and O–H groups in total. The van der Waals surface area contributed by atoms with Crippen molar-refractivity contribution < 1.29 is 4.79 Å². The first-order valence-electron chi connectivity index (χ1n) is 4.56. The highest BCUT2D eigenvalue weighted by Gasteiger charge is 2.08. The minimum Gasteiger partial charge on any atom is -0.342 e. The van der Waals surface area contributed by atoms with E-state index in [0.717, 1.165) is 18.5 Å². The molecule has 0 spiro atoms. The predicted octanol–water partition coefficient (Wildman–Crippen LogP) is 2.17. The van der Waals surface area contributed by atoms with E-state index in [1.54, 1.807) is 4.90 Å². The molecule has 0 bridgehead atoms. The predicted molar refractivity (Wildman–Crippen MR) is 53.7 cm³/mol. The van der Waals surface area contributed by atoms with E-state index in [1.807, 2.05) is 37.4 Å². The Bertz CT molecular complexity index is 269. The smallest absolute Gasteiger partial charge is 0.253 e. The van der Waals surface area contributed by atoms with Gasteiger partial charge in [0.25, 0.3) is 5.91 Å². The molecule has 2 nitrogen and oxygen atoms in total. The van der Waals surface area contributed by atoms with Crippen molar-refractivity contribution >= 4 is 5.91 Å². The van der Waals surface area contributed by atoms with Gasteiger partial charge >= 0.3 is 0 Å². The van der Waals surface area contributed by atoms with Gasteiger partial charge < -0.3 is 4.90 Å². The summed E-state index contributed by atoms with van der Waals surface area (Å²) in [5, 5.41) is 0. The van der Waals surface area contributed by atoms with E-state index >= 15 is 0 Å². The molecule has 0 aliphatic rings. The number of carbonyl (C=O) groups is 1. The van der Waals surface area contributed by atoms with E-state index in [-0.39, 0.29) is 5.91 Å². The van der Waals surface area contributed by atoms with Crippen molar-refractivity contribution in [1.82, 2.24) is 4.90 Å². The summed E-state index contributed by atoms with van der Waals surface area (Å²) in [5.74, 6) is 0.0995. The second kappa shape index (κ2) is 4.65. The van der Waals surface area contributed by atoms with Crippen LogP contribution in [0.25, 0.3) is 0 Å². The minimum atomic E-state index is 0.0995. The standard InChI is InChI=1S/C11H15NO/c1-3-9-12(2)11(13)10-7-5-4-6-8-10/h4-8H,3,9H2,1-2H3. The molecule has 0 saturated carbocycles. The van der Waals surface area contributed by atoms with Gasteiger partial charge in [-0.25, -0.2) is 0 Å². The molecule has 1 amide bonds. The van der Waals surface area contributed by atoms with Crippen LogP contribution in [-0.4, -0.2) is 24.4 Å². The molecule has 0 atom stereocenters. The van der Waals surface area contributed by atoms with Gasteiger partial charge in [0.15, 0.2) is 0 Å². The van der Waals surface area contributed by atoms with Crippen LogP contribution < -0.4 is 0 Å². The summed E-state index contributed by atoms with van der Waals surface area (Å²) in [4.78, 5) is 13.4. The zero-order valence-corrected chi connectivity index (χ0v) is 8.16. The van der Waals surface area contributed by atoms with Crippen molar-refractivity contribution in [3.63, 3.8) is 0 Å². The van der Waals surface area contributed by atoms with Crippen LogP contribution >= 0.6 is 0 Å². The number of benzene rings is 1. The Morgan fingerprint density at radius 2 is 1.92 bits per heavy atom. The number of hydrogen-bond acceptors (Lipinski definition) is 1. The van der Waals surface area contributed by atoms with Crippen LogP contribution in [0, 0.1) is 0 Å².